The molecule has 8 nitrogen and oxygen atoms in total. The molecule has 2 N–H and O–H groups in total. The maximum Gasteiger partial charge on any atom is 0.295 e. The van der Waals surface area contributed by atoms with Crippen molar-refractivity contribution in [2.75, 3.05) is 17.1 Å². The summed E-state index contributed by atoms with van der Waals surface area (Å²) >= 11 is -0.798. The van der Waals surface area contributed by atoms with Gasteiger partial charge in [-0.3, -0.25) is 4.21 Å². The minimum atomic E-state index is -2.37. The molecule has 5 aromatic rings. The summed E-state index contributed by atoms with van der Waals surface area (Å²) in [6.45, 7) is 0. The lowest BCUT2D eigenvalue weighted by atomic mass is 10.0. The van der Waals surface area contributed by atoms with E-state index in [1.807, 2.05) is 72.1 Å². The zero-order valence-corrected chi connectivity index (χ0v) is 21.4. The third-order valence-electron chi connectivity index (χ3n) is 5.65. The van der Waals surface area contributed by atoms with Gasteiger partial charge in [-0.2, -0.15) is 0 Å². The number of methoxy groups -OCH3 is 1. The first-order valence-electron chi connectivity index (χ1n) is 11.4. The average molecular weight is 532 g/mol. The van der Waals surface area contributed by atoms with Crippen LogP contribution in [0.4, 0.5) is 11.7 Å². The van der Waals surface area contributed by atoms with Gasteiger partial charge in [-0.05, 0) is 36.2 Å². The van der Waals surface area contributed by atoms with Gasteiger partial charge in [0.05, 0.1) is 25.0 Å². The molecule has 0 spiro atoms. The Bertz CT molecular complexity index is 1490. The first-order valence-corrected chi connectivity index (χ1v) is 13.4. The maximum absolute atomic E-state index is 10.9. The number of rotatable bonds is 10. The lowest BCUT2D eigenvalue weighted by Crippen LogP contribution is -2.14. The summed E-state index contributed by atoms with van der Waals surface area (Å²) in [4.78, 5) is 9.34. The van der Waals surface area contributed by atoms with E-state index in [4.69, 9.17) is 14.1 Å². The van der Waals surface area contributed by atoms with E-state index in [1.54, 1.807) is 36.8 Å². The van der Waals surface area contributed by atoms with Crippen LogP contribution in [0.3, 0.4) is 0 Å². The molecule has 0 fully saturated rings. The van der Waals surface area contributed by atoms with Crippen molar-refractivity contribution < 1.29 is 17.9 Å². The van der Waals surface area contributed by atoms with E-state index in [9.17, 15) is 8.76 Å². The molecule has 188 valence electrons. The highest BCUT2D eigenvalue weighted by molar-refractivity contribution is 7.80. The van der Waals surface area contributed by atoms with Gasteiger partial charge in [0.25, 0.3) is 6.01 Å². The molecule has 37 heavy (non-hydrogen) atoms. The number of ether oxygens (including phenoxy) is 1. The molecular formula is C27H23N4O4S2-. The van der Waals surface area contributed by atoms with Gasteiger partial charge in [-0.25, -0.2) is 9.97 Å². The highest BCUT2D eigenvalue weighted by atomic mass is 32.2. The Morgan fingerprint density at radius 2 is 1.84 bits per heavy atom. The van der Waals surface area contributed by atoms with Crippen molar-refractivity contribution >= 4 is 34.3 Å². The number of anilines is 2. The van der Waals surface area contributed by atoms with Crippen molar-refractivity contribution in [3.8, 4) is 27.6 Å². The fraction of sp³-hybridized carbons (Fsp3) is 0.111. The highest BCUT2D eigenvalue weighted by Crippen LogP contribution is 2.31. The highest BCUT2D eigenvalue weighted by Gasteiger charge is 2.19. The summed E-state index contributed by atoms with van der Waals surface area (Å²) in [5, 5.41) is 6.35. The van der Waals surface area contributed by atoms with Gasteiger partial charge in [0.15, 0.2) is 5.76 Å². The molecule has 0 bridgehead atoms. The number of benzene rings is 3. The first kappa shape index (κ1) is 24.7. The Morgan fingerprint density at radius 3 is 2.59 bits per heavy atom. The molecular weight excluding hydrogens is 508 g/mol. The molecule has 2 heterocycles. The largest absolute Gasteiger partial charge is 0.755 e. The second-order valence-corrected chi connectivity index (χ2v) is 9.67. The van der Waals surface area contributed by atoms with E-state index in [2.05, 4.69) is 15.0 Å². The van der Waals surface area contributed by atoms with Crippen LogP contribution < -0.4 is 14.8 Å². The number of hydrogen-bond acceptors (Lipinski definition) is 8. The summed E-state index contributed by atoms with van der Waals surface area (Å²) < 4.78 is 35.6. The number of oxazole rings is 1. The SMILES string of the molecule is COc1cccc(-c2cnc(N[C@@H](Cc3ccc(NS(=O)[O-])cc3)c3csc(-c4ccccc4)n3)o2)c1. The van der Waals surface area contributed by atoms with Crippen LogP contribution in [0.2, 0.25) is 0 Å². The normalized spacial score (nSPS) is 12.6. The molecule has 0 radical (unpaired) electrons. The van der Waals surface area contributed by atoms with Crippen LogP contribution in [0.1, 0.15) is 17.3 Å². The molecule has 0 aliphatic rings. The van der Waals surface area contributed by atoms with Crippen molar-refractivity contribution in [3.63, 3.8) is 0 Å². The van der Waals surface area contributed by atoms with E-state index in [1.165, 1.54) is 0 Å². The standard InChI is InChI=1S/C27H24N4O4S2/c1-34-22-9-5-8-20(15-22)25-16-28-27(35-25)30-23(14-18-10-12-21(13-11-18)31-37(32)33)24-17-36-26(29-24)19-6-3-2-4-7-19/h2-13,15-17,23,31H,14H2,1H3,(H,28,30)(H,32,33)/p-1/t23-/m0/s1. The zero-order valence-electron chi connectivity index (χ0n) is 19.8. The van der Waals surface area contributed by atoms with Crippen molar-refractivity contribution in [2.24, 2.45) is 0 Å². The molecule has 5 rings (SSSR count). The van der Waals surface area contributed by atoms with Crippen molar-refractivity contribution in [1.29, 1.82) is 0 Å². The van der Waals surface area contributed by atoms with E-state index in [0.29, 0.717) is 23.9 Å². The predicted molar refractivity (Wildman–Crippen MR) is 145 cm³/mol. The Hall–Kier alpha value is -3.99. The topological polar surface area (TPSA) is 112 Å². The molecule has 2 atom stereocenters. The summed E-state index contributed by atoms with van der Waals surface area (Å²) in [5.41, 5.74) is 4.25. The second kappa shape index (κ2) is 11.4. The monoisotopic (exact) mass is 531 g/mol. The van der Waals surface area contributed by atoms with Gasteiger partial charge in [-0.1, -0.05) is 54.6 Å². The summed E-state index contributed by atoms with van der Waals surface area (Å²) in [6.07, 6.45) is 2.25. The molecule has 0 saturated carbocycles. The van der Waals surface area contributed by atoms with Crippen LogP contribution in [0.15, 0.2) is 94.9 Å². The molecule has 0 saturated heterocycles. The van der Waals surface area contributed by atoms with Crippen LogP contribution in [-0.2, 0) is 17.7 Å². The number of nitrogens with one attached hydrogen (secondary N) is 2. The van der Waals surface area contributed by atoms with Crippen LogP contribution in [0, 0.1) is 0 Å². The molecule has 0 amide bonds. The molecule has 2 aromatic heterocycles. The van der Waals surface area contributed by atoms with E-state index < -0.39 is 11.3 Å². The Kier molecular flexibility index (Phi) is 7.59. The summed E-state index contributed by atoms with van der Waals surface area (Å²) in [5.74, 6) is 1.35. The van der Waals surface area contributed by atoms with Crippen molar-refractivity contribution in [3.05, 3.63) is 102 Å². The van der Waals surface area contributed by atoms with Crippen molar-refractivity contribution in [2.45, 2.75) is 12.5 Å². The quantitative estimate of drug-likeness (QED) is 0.210. The summed E-state index contributed by atoms with van der Waals surface area (Å²) in [6, 6.07) is 25.0. The smallest absolute Gasteiger partial charge is 0.295 e. The number of aromatic nitrogens is 2. The Balaban J connectivity index is 1.41. The molecule has 3 aromatic carbocycles. The fourth-order valence-corrected chi connectivity index (χ4v) is 5.04. The minimum absolute atomic E-state index is 0.238. The fourth-order valence-electron chi connectivity index (χ4n) is 3.83. The Morgan fingerprint density at radius 1 is 1.05 bits per heavy atom. The average Bonchev–Trinajstić information content (AvgIpc) is 3.60. The van der Waals surface area contributed by atoms with Gasteiger partial charge in [0.1, 0.15) is 10.8 Å². The van der Waals surface area contributed by atoms with Gasteiger partial charge in [-0.15, -0.1) is 11.3 Å². The second-order valence-electron chi connectivity index (χ2n) is 8.14. The molecule has 0 aliphatic carbocycles. The van der Waals surface area contributed by atoms with E-state index >= 15 is 0 Å². The lowest BCUT2D eigenvalue weighted by Gasteiger charge is -2.16. The molecule has 10 heteroatoms. The number of hydrogen-bond donors (Lipinski definition) is 2. The predicted octanol–water partition coefficient (Wildman–Crippen LogP) is 6.08. The Labute approximate surface area is 220 Å². The third-order valence-corrected chi connectivity index (χ3v) is 6.96. The van der Waals surface area contributed by atoms with Gasteiger partial charge in [0.2, 0.25) is 0 Å². The number of nitrogens with zero attached hydrogens (tertiary/aromatic N) is 2. The van der Waals surface area contributed by atoms with E-state index in [0.717, 1.165) is 33.1 Å². The van der Waals surface area contributed by atoms with Gasteiger partial charge >= 0.3 is 0 Å². The number of thiazole rings is 1. The van der Waals surface area contributed by atoms with Crippen LogP contribution in [-0.4, -0.2) is 25.8 Å². The van der Waals surface area contributed by atoms with Gasteiger partial charge < -0.3 is 23.7 Å². The lowest BCUT2D eigenvalue weighted by molar-refractivity contribution is 0.415. The zero-order chi connectivity index (χ0) is 25.6. The molecule has 0 aliphatic heterocycles. The van der Waals surface area contributed by atoms with Crippen LogP contribution in [0.25, 0.3) is 21.9 Å². The van der Waals surface area contributed by atoms with E-state index in [-0.39, 0.29) is 6.04 Å². The van der Waals surface area contributed by atoms with Crippen LogP contribution in [0.5, 0.6) is 5.75 Å². The molecule has 1 unspecified atom stereocenters. The first-order chi connectivity index (χ1) is 18.1. The minimum Gasteiger partial charge on any atom is -0.755 e. The van der Waals surface area contributed by atoms with Crippen molar-refractivity contribution in [1.82, 2.24) is 9.97 Å². The maximum atomic E-state index is 10.9. The summed E-state index contributed by atoms with van der Waals surface area (Å²) in [7, 11) is 1.62. The van der Waals surface area contributed by atoms with Crippen LogP contribution >= 0.6 is 11.3 Å². The van der Waals surface area contributed by atoms with Gasteiger partial charge in [0, 0.05) is 33.5 Å². The third kappa shape index (κ3) is 6.23.